The maximum Gasteiger partial charge on any atom is 2.00 e. The van der Waals surface area contributed by atoms with Crippen LogP contribution in [0.1, 0.15) is 45.6 Å². The minimum Gasteiger partial charge on any atom is -0.282 e. The number of fused-ring (bicyclic) bond motifs is 1. The first-order valence-electron chi connectivity index (χ1n) is 8.67. The van der Waals surface area contributed by atoms with E-state index in [1.807, 2.05) is 0 Å². The maximum atomic E-state index is 3.48. The summed E-state index contributed by atoms with van der Waals surface area (Å²) in [6.45, 7) is 7.86. The van der Waals surface area contributed by atoms with Crippen molar-refractivity contribution in [2.24, 2.45) is 5.41 Å². The van der Waals surface area contributed by atoms with Gasteiger partial charge in [0.25, 0.3) is 0 Å². The molecule has 1 aliphatic heterocycles. The zero-order chi connectivity index (χ0) is 16.3. The van der Waals surface area contributed by atoms with E-state index in [-0.39, 0.29) is 26.5 Å². The summed E-state index contributed by atoms with van der Waals surface area (Å²) in [6, 6.07) is 7.91. The molecule has 1 aliphatic carbocycles. The minimum absolute atomic E-state index is 0. The molecule has 0 amide bonds. The standard InChI is InChI=1S/C22H25N.W/c1-22(2,3)20(13-11-17-8-5-4-6-9-17)18-12-14-21-19(16-18)10-7-15-23-21;/h5,8-9,13-14,16H,4,6-7,10,15H2,1-3H3;/q-2;+2/p+1/b20-18-;. The van der Waals surface area contributed by atoms with Gasteiger partial charge in [-0.25, -0.2) is 0 Å². The molecular weight excluding hydrogens is 462 g/mol. The van der Waals surface area contributed by atoms with E-state index in [4.69, 9.17) is 0 Å². The van der Waals surface area contributed by atoms with E-state index in [1.165, 1.54) is 33.7 Å². The number of rotatable bonds is 2. The Morgan fingerprint density at radius 1 is 1.29 bits per heavy atom. The number of benzene rings is 1. The zero-order valence-electron chi connectivity index (χ0n) is 14.9. The van der Waals surface area contributed by atoms with Crippen LogP contribution in [0.2, 0.25) is 0 Å². The molecule has 0 aromatic heterocycles. The van der Waals surface area contributed by atoms with Gasteiger partial charge in [-0.15, -0.1) is 47.2 Å². The van der Waals surface area contributed by atoms with E-state index >= 15 is 0 Å². The molecule has 0 saturated carbocycles. The number of hydrogen-bond donors (Lipinski definition) is 1. The summed E-state index contributed by atoms with van der Waals surface area (Å²) in [4.78, 5) is 3.47. The SMILES string of the molecule is CC(C)(C)/C(C=[C-]C1=CCCC=C1)=c1/[c-]cc2c(c1)CCC[NH+]=2.[W+2]. The van der Waals surface area contributed by atoms with Crippen LogP contribution in [0.4, 0.5) is 0 Å². The number of aryl methyl sites for hydroxylation is 1. The van der Waals surface area contributed by atoms with E-state index in [9.17, 15) is 0 Å². The first kappa shape index (κ1) is 19.1. The average Bonchev–Trinajstić information content (AvgIpc) is 2.54. The molecule has 0 unspecified atom stereocenters. The predicted octanol–water partition coefficient (Wildman–Crippen LogP) is 1.96. The van der Waals surface area contributed by atoms with Gasteiger partial charge in [0.05, 0.1) is 0 Å². The quantitative estimate of drug-likeness (QED) is 0.613. The summed E-state index contributed by atoms with van der Waals surface area (Å²) >= 11 is 0. The van der Waals surface area contributed by atoms with Crippen molar-refractivity contribution in [3.05, 3.63) is 70.3 Å². The Hall–Kier alpha value is -1.20. The van der Waals surface area contributed by atoms with Gasteiger partial charge in [-0.2, -0.15) is 11.6 Å². The van der Waals surface area contributed by atoms with Crippen molar-refractivity contribution in [1.82, 2.24) is 0 Å². The van der Waals surface area contributed by atoms with Gasteiger partial charge in [0.2, 0.25) is 0 Å². The Kier molecular flexibility index (Phi) is 6.58. The smallest absolute Gasteiger partial charge is 0.282 e. The Bertz CT molecular complexity index is 788. The Morgan fingerprint density at radius 2 is 2.12 bits per heavy atom. The van der Waals surface area contributed by atoms with Crippen LogP contribution < -0.4 is 15.6 Å². The van der Waals surface area contributed by atoms with Crippen LogP contribution in [0.15, 0.2) is 42.0 Å². The fraction of sp³-hybridized carbons (Fsp3) is 0.409. The molecule has 3 rings (SSSR count). The fourth-order valence-corrected chi connectivity index (χ4v) is 3.14. The van der Waals surface area contributed by atoms with Gasteiger partial charge >= 0.3 is 21.1 Å². The van der Waals surface area contributed by atoms with Gasteiger partial charge in [0.1, 0.15) is 11.9 Å². The van der Waals surface area contributed by atoms with Crippen LogP contribution >= 0.6 is 0 Å². The third-order valence-corrected chi connectivity index (χ3v) is 4.45. The molecule has 0 fully saturated rings. The van der Waals surface area contributed by atoms with Crippen LogP contribution in [-0.4, -0.2) is 6.54 Å². The van der Waals surface area contributed by atoms with Gasteiger partial charge in [0, 0.05) is 6.42 Å². The molecular formula is C22H26NW+. The molecule has 0 spiro atoms. The molecule has 1 aromatic carbocycles. The summed E-state index contributed by atoms with van der Waals surface area (Å²) in [5.41, 5.74) is 3.97. The molecule has 1 nitrogen and oxygen atoms in total. The van der Waals surface area contributed by atoms with E-state index in [0.717, 1.165) is 25.8 Å². The van der Waals surface area contributed by atoms with Gasteiger partial charge < -0.3 is 0 Å². The predicted molar refractivity (Wildman–Crippen MR) is 94.9 cm³/mol. The van der Waals surface area contributed by atoms with Crippen molar-refractivity contribution in [3.8, 4) is 0 Å². The molecule has 1 heterocycles. The molecule has 2 heteroatoms. The van der Waals surface area contributed by atoms with Crippen LogP contribution in [0.25, 0.3) is 5.57 Å². The van der Waals surface area contributed by atoms with E-state index in [0.29, 0.717) is 0 Å². The average molecular weight is 488 g/mol. The molecule has 0 bridgehead atoms. The van der Waals surface area contributed by atoms with Crippen molar-refractivity contribution >= 4 is 5.57 Å². The second-order valence-electron chi connectivity index (χ2n) is 7.41. The first-order valence-corrected chi connectivity index (χ1v) is 8.67. The molecule has 0 saturated heterocycles. The van der Waals surface area contributed by atoms with Crippen LogP contribution in [0.3, 0.4) is 0 Å². The second-order valence-corrected chi connectivity index (χ2v) is 7.41. The monoisotopic (exact) mass is 488 g/mol. The van der Waals surface area contributed by atoms with Crippen molar-refractivity contribution < 1.29 is 26.1 Å². The molecule has 0 atom stereocenters. The number of hydrogen-bond acceptors (Lipinski definition) is 0. The summed E-state index contributed by atoms with van der Waals surface area (Å²) < 4.78 is 0. The topological polar surface area (TPSA) is 14.0 Å². The summed E-state index contributed by atoms with van der Waals surface area (Å²) in [7, 11) is 0. The molecule has 0 radical (unpaired) electrons. The zero-order valence-corrected chi connectivity index (χ0v) is 17.8. The van der Waals surface area contributed by atoms with Crippen LogP contribution in [0.5, 0.6) is 0 Å². The number of allylic oxidation sites excluding steroid dienone is 6. The Labute approximate surface area is 160 Å². The van der Waals surface area contributed by atoms with E-state index < -0.39 is 0 Å². The maximum absolute atomic E-state index is 3.48. The van der Waals surface area contributed by atoms with Gasteiger partial charge in [0.15, 0.2) is 0 Å². The van der Waals surface area contributed by atoms with Crippen molar-refractivity contribution in [2.45, 2.75) is 46.5 Å². The Morgan fingerprint density at radius 3 is 2.83 bits per heavy atom. The van der Waals surface area contributed by atoms with Gasteiger partial charge in [-0.3, -0.25) is 4.99 Å². The largest absolute Gasteiger partial charge is 2.00 e. The van der Waals surface area contributed by atoms with Crippen molar-refractivity contribution in [1.29, 1.82) is 0 Å². The fourth-order valence-electron chi connectivity index (χ4n) is 3.14. The van der Waals surface area contributed by atoms with Crippen LogP contribution in [-0.2, 0) is 27.5 Å². The van der Waals surface area contributed by atoms with E-state index in [2.05, 4.69) is 74.3 Å². The third-order valence-electron chi connectivity index (χ3n) is 4.45. The van der Waals surface area contributed by atoms with Crippen molar-refractivity contribution in [2.75, 3.05) is 6.54 Å². The Balaban J connectivity index is 0.00000208. The third kappa shape index (κ3) is 4.67. The normalized spacial score (nSPS) is 18.4. The summed E-state index contributed by atoms with van der Waals surface area (Å²) in [6.07, 6.45) is 16.9. The first-order chi connectivity index (χ1) is 11.0. The summed E-state index contributed by atoms with van der Waals surface area (Å²) in [5, 5.41) is 2.45. The molecule has 2 aliphatic rings. The summed E-state index contributed by atoms with van der Waals surface area (Å²) in [5.74, 6) is 0. The molecule has 124 valence electrons. The van der Waals surface area contributed by atoms with E-state index in [1.54, 1.807) is 0 Å². The number of nitrogens with one attached hydrogen (secondary N) is 1. The second kappa shape index (κ2) is 8.25. The van der Waals surface area contributed by atoms with Crippen LogP contribution in [0, 0.1) is 17.6 Å². The van der Waals surface area contributed by atoms with Gasteiger partial charge in [-0.05, 0) is 18.3 Å². The van der Waals surface area contributed by atoms with Crippen molar-refractivity contribution in [3.63, 3.8) is 0 Å². The van der Waals surface area contributed by atoms with Gasteiger partial charge in [-0.1, -0.05) is 38.8 Å². The molecule has 24 heavy (non-hydrogen) atoms. The molecule has 1 N–H and O–H groups in total. The molecule has 1 aromatic rings. The minimum atomic E-state index is 0.